The van der Waals surface area contributed by atoms with Gasteiger partial charge in [0.2, 0.25) is 0 Å². The van der Waals surface area contributed by atoms with Crippen LogP contribution in [0.1, 0.15) is 25.5 Å². The van der Waals surface area contributed by atoms with E-state index >= 15 is 0 Å². The normalized spacial score (nSPS) is 12.0. The highest BCUT2D eigenvalue weighted by Crippen LogP contribution is 2.21. The summed E-state index contributed by atoms with van der Waals surface area (Å²) in [5.74, 6) is 0. The number of alkyl halides is 3. The fraction of sp³-hybridized carbons (Fsp3) is 0.778. The number of halogens is 3. The SMILES string of the molecule is CCNCc1cn(CCCC(F)(F)F)nn1. The molecule has 0 fully saturated rings. The zero-order valence-electron chi connectivity index (χ0n) is 9.09. The monoisotopic (exact) mass is 236 g/mol. The van der Waals surface area contributed by atoms with Crippen LogP contribution in [0.4, 0.5) is 13.2 Å². The highest BCUT2D eigenvalue weighted by molar-refractivity contribution is 4.91. The van der Waals surface area contributed by atoms with Gasteiger partial charge in [-0.3, -0.25) is 4.68 Å². The molecule has 0 saturated heterocycles. The third-order valence-electron chi connectivity index (χ3n) is 1.99. The second-order valence-corrected chi connectivity index (χ2v) is 3.47. The Hall–Kier alpha value is -1.11. The largest absolute Gasteiger partial charge is 0.389 e. The van der Waals surface area contributed by atoms with Crippen molar-refractivity contribution in [3.05, 3.63) is 11.9 Å². The Kier molecular flexibility index (Phi) is 4.72. The van der Waals surface area contributed by atoms with Crippen LogP contribution in [0.15, 0.2) is 6.20 Å². The van der Waals surface area contributed by atoms with Gasteiger partial charge in [-0.2, -0.15) is 13.2 Å². The van der Waals surface area contributed by atoms with Crippen molar-refractivity contribution < 1.29 is 13.2 Å². The summed E-state index contributed by atoms with van der Waals surface area (Å²) in [6, 6.07) is 0. The van der Waals surface area contributed by atoms with Gasteiger partial charge in [0.25, 0.3) is 0 Å². The van der Waals surface area contributed by atoms with E-state index in [1.807, 2.05) is 6.92 Å². The first-order valence-corrected chi connectivity index (χ1v) is 5.17. The minimum atomic E-state index is -4.09. The molecule has 1 rings (SSSR count). The molecule has 16 heavy (non-hydrogen) atoms. The van der Waals surface area contributed by atoms with Crippen molar-refractivity contribution in [1.29, 1.82) is 0 Å². The average molecular weight is 236 g/mol. The minimum Gasteiger partial charge on any atom is -0.311 e. The van der Waals surface area contributed by atoms with Gasteiger partial charge in [-0.05, 0) is 13.0 Å². The molecule has 0 aromatic carbocycles. The van der Waals surface area contributed by atoms with Gasteiger partial charge in [0.15, 0.2) is 0 Å². The van der Waals surface area contributed by atoms with Crippen LogP contribution in [0.3, 0.4) is 0 Å². The molecule has 1 aromatic rings. The number of hydrogen-bond acceptors (Lipinski definition) is 3. The number of nitrogens with zero attached hydrogens (tertiary/aromatic N) is 3. The molecule has 1 heterocycles. The van der Waals surface area contributed by atoms with E-state index in [0.717, 1.165) is 12.2 Å². The van der Waals surface area contributed by atoms with Crippen molar-refractivity contribution in [3.63, 3.8) is 0 Å². The molecule has 0 aliphatic carbocycles. The first-order chi connectivity index (χ1) is 7.51. The number of nitrogens with one attached hydrogen (secondary N) is 1. The first kappa shape index (κ1) is 13.0. The third-order valence-corrected chi connectivity index (χ3v) is 1.99. The lowest BCUT2D eigenvalue weighted by atomic mass is 10.3. The Balaban J connectivity index is 2.29. The highest BCUT2D eigenvalue weighted by Gasteiger charge is 2.26. The van der Waals surface area contributed by atoms with Crippen LogP contribution in [0, 0.1) is 0 Å². The molecular formula is C9H15F3N4. The standard InChI is InChI=1S/C9H15F3N4/c1-2-13-6-8-7-16(15-14-8)5-3-4-9(10,11)12/h7,13H,2-6H2,1H3. The lowest BCUT2D eigenvalue weighted by Gasteiger charge is -2.04. The van der Waals surface area contributed by atoms with Crippen LogP contribution >= 0.6 is 0 Å². The summed E-state index contributed by atoms with van der Waals surface area (Å²) in [7, 11) is 0. The molecule has 1 N–H and O–H groups in total. The van der Waals surface area contributed by atoms with Gasteiger partial charge in [-0.25, -0.2) is 0 Å². The maximum Gasteiger partial charge on any atom is 0.389 e. The van der Waals surface area contributed by atoms with E-state index in [0.29, 0.717) is 6.54 Å². The molecule has 0 spiro atoms. The number of rotatable bonds is 6. The molecule has 0 radical (unpaired) electrons. The molecule has 0 aliphatic rings. The van der Waals surface area contributed by atoms with E-state index in [1.165, 1.54) is 4.68 Å². The molecule has 4 nitrogen and oxygen atoms in total. The summed E-state index contributed by atoms with van der Waals surface area (Å²) in [6.45, 7) is 3.63. The van der Waals surface area contributed by atoms with Crippen LogP contribution in [-0.4, -0.2) is 27.7 Å². The van der Waals surface area contributed by atoms with Gasteiger partial charge in [0.05, 0.1) is 5.69 Å². The third kappa shape index (κ3) is 5.11. The van der Waals surface area contributed by atoms with Gasteiger partial charge in [-0.1, -0.05) is 12.1 Å². The first-order valence-electron chi connectivity index (χ1n) is 5.17. The predicted octanol–water partition coefficient (Wildman–Crippen LogP) is 1.73. The van der Waals surface area contributed by atoms with E-state index in [1.54, 1.807) is 6.20 Å². The molecule has 0 saturated carbocycles. The van der Waals surface area contributed by atoms with Gasteiger partial charge in [0, 0.05) is 25.7 Å². The molecule has 7 heteroatoms. The van der Waals surface area contributed by atoms with Crippen LogP contribution in [0.5, 0.6) is 0 Å². The van der Waals surface area contributed by atoms with E-state index in [9.17, 15) is 13.2 Å². The lowest BCUT2D eigenvalue weighted by molar-refractivity contribution is -0.136. The number of hydrogen-bond donors (Lipinski definition) is 1. The summed E-state index contributed by atoms with van der Waals surface area (Å²) in [5.41, 5.74) is 0.744. The quantitative estimate of drug-likeness (QED) is 0.818. The Morgan fingerprint density at radius 1 is 1.44 bits per heavy atom. The smallest absolute Gasteiger partial charge is 0.311 e. The summed E-state index contributed by atoms with van der Waals surface area (Å²) >= 11 is 0. The zero-order valence-corrected chi connectivity index (χ0v) is 9.09. The van der Waals surface area contributed by atoms with Gasteiger partial charge in [0.1, 0.15) is 0 Å². The lowest BCUT2D eigenvalue weighted by Crippen LogP contribution is -2.12. The second kappa shape index (κ2) is 5.83. The highest BCUT2D eigenvalue weighted by atomic mass is 19.4. The summed E-state index contributed by atoms with van der Waals surface area (Å²) < 4.78 is 37.1. The number of aryl methyl sites for hydroxylation is 1. The van der Waals surface area contributed by atoms with Crippen LogP contribution in [0.25, 0.3) is 0 Å². The Morgan fingerprint density at radius 2 is 2.19 bits per heavy atom. The molecular weight excluding hydrogens is 221 g/mol. The van der Waals surface area contributed by atoms with Crippen molar-refractivity contribution >= 4 is 0 Å². The van der Waals surface area contributed by atoms with Gasteiger partial charge in [-0.15, -0.1) is 5.10 Å². The molecule has 0 amide bonds. The van der Waals surface area contributed by atoms with Crippen molar-refractivity contribution in [2.45, 2.75) is 39.0 Å². The summed E-state index contributed by atoms with van der Waals surface area (Å²) in [6.07, 6.45) is -3.17. The Bertz CT molecular complexity index is 308. The summed E-state index contributed by atoms with van der Waals surface area (Å²) in [4.78, 5) is 0. The van der Waals surface area contributed by atoms with Crippen molar-refractivity contribution in [1.82, 2.24) is 20.3 Å². The Morgan fingerprint density at radius 3 is 2.81 bits per heavy atom. The minimum absolute atomic E-state index is 0.0352. The second-order valence-electron chi connectivity index (χ2n) is 3.47. The van der Waals surface area contributed by atoms with E-state index in [4.69, 9.17) is 0 Å². The van der Waals surface area contributed by atoms with E-state index in [2.05, 4.69) is 15.6 Å². The van der Waals surface area contributed by atoms with E-state index < -0.39 is 12.6 Å². The predicted molar refractivity (Wildman–Crippen MR) is 52.7 cm³/mol. The fourth-order valence-corrected chi connectivity index (χ4v) is 1.22. The maximum atomic E-state index is 11.9. The molecule has 1 aromatic heterocycles. The molecule has 0 bridgehead atoms. The zero-order chi connectivity index (χ0) is 12.0. The van der Waals surface area contributed by atoms with Crippen LogP contribution in [0.2, 0.25) is 0 Å². The summed E-state index contributed by atoms with van der Waals surface area (Å²) in [5, 5.41) is 10.6. The van der Waals surface area contributed by atoms with E-state index in [-0.39, 0.29) is 13.0 Å². The molecule has 0 atom stereocenters. The van der Waals surface area contributed by atoms with Crippen molar-refractivity contribution in [3.8, 4) is 0 Å². The fourth-order valence-electron chi connectivity index (χ4n) is 1.22. The van der Waals surface area contributed by atoms with Crippen LogP contribution < -0.4 is 5.32 Å². The molecule has 0 unspecified atom stereocenters. The average Bonchev–Trinajstić information content (AvgIpc) is 2.61. The van der Waals surface area contributed by atoms with Crippen LogP contribution in [-0.2, 0) is 13.1 Å². The van der Waals surface area contributed by atoms with Gasteiger partial charge >= 0.3 is 6.18 Å². The Labute approximate surface area is 91.8 Å². The van der Waals surface area contributed by atoms with Crippen molar-refractivity contribution in [2.24, 2.45) is 0 Å². The molecule has 92 valence electrons. The molecule has 0 aliphatic heterocycles. The van der Waals surface area contributed by atoms with Gasteiger partial charge < -0.3 is 5.32 Å². The number of aromatic nitrogens is 3. The van der Waals surface area contributed by atoms with Crippen molar-refractivity contribution in [2.75, 3.05) is 6.54 Å². The maximum absolute atomic E-state index is 11.9. The topological polar surface area (TPSA) is 42.7 Å².